The second-order valence-corrected chi connectivity index (χ2v) is 5.52. The number of hydrogen-bond donors (Lipinski definition) is 1. The van der Waals surface area contributed by atoms with E-state index in [9.17, 15) is 0 Å². The van der Waals surface area contributed by atoms with E-state index in [-0.39, 0.29) is 5.60 Å². The molecule has 0 saturated heterocycles. The quantitative estimate of drug-likeness (QED) is 0.699. The zero-order valence-electron chi connectivity index (χ0n) is 12.2. The van der Waals surface area contributed by atoms with E-state index in [1.54, 1.807) is 0 Å². The van der Waals surface area contributed by atoms with Crippen molar-refractivity contribution >= 4 is 0 Å². The summed E-state index contributed by atoms with van der Waals surface area (Å²) in [6, 6.07) is 0.537. The molecule has 2 unspecified atom stereocenters. The lowest BCUT2D eigenvalue weighted by Crippen LogP contribution is -2.54. The van der Waals surface area contributed by atoms with Gasteiger partial charge in [-0.15, -0.1) is 0 Å². The molecule has 2 heteroatoms. The molecular weight excluding hydrogens is 210 g/mol. The van der Waals surface area contributed by atoms with Crippen molar-refractivity contribution in [1.29, 1.82) is 0 Å². The Morgan fingerprint density at radius 3 is 2.29 bits per heavy atom. The molecule has 102 valence electrons. The van der Waals surface area contributed by atoms with Crippen LogP contribution in [0, 0.1) is 5.92 Å². The van der Waals surface area contributed by atoms with Crippen molar-refractivity contribution < 1.29 is 4.74 Å². The lowest BCUT2D eigenvalue weighted by molar-refractivity contribution is -0.0739. The molecule has 0 aromatic rings. The molecule has 0 radical (unpaired) electrons. The maximum atomic E-state index is 6.21. The maximum absolute atomic E-state index is 6.21. The van der Waals surface area contributed by atoms with Gasteiger partial charge in [-0.25, -0.2) is 0 Å². The Morgan fingerprint density at radius 2 is 1.82 bits per heavy atom. The molecule has 17 heavy (non-hydrogen) atoms. The maximum Gasteiger partial charge on any atom is 0.0837 e. The van der Waals surface area contributed by atoms with Crippen LogP contribution in [-0.4, -0.2) is 24.8 Å². The van der Waals surface area contributed by atoms with Crippen molar-refractivity contribution in [2.75, 3.05) is 13.2 Å². The minimum atomic E-state index is 0.124. The van der Waals surface area contributed by atoms with Gasteiger partial charge in [-0.1, -0.05) is 40.0 Å². The van der Waals surface area contributed by atoms with Gasteiger partial charge in [0.15, 0.2) is 0 Å². The van der Waals surface area contributed by atoms with Gasteiger partial charge in [0.05, 0.1) is 5.60 Å². The molecule has 0 amide bonds. The van der Waals surface area contributed by atoms with E-state index in [2.05, 4.69) is 33.0 Å². The van der Waals surface area contributed by atoms with Crippen LogP contribution in [-0.2, 0) is 4.74 Å². The summed E-state index contributed by atoms with van der Waals surface area (Å²) in [6.07, 6.45) is 7.59. The van der Waals surface area contributed by atoms with Crippen molar-refractivity contribution in [2.45, 2.75) is 77.9 Å². The molecule has 0 heterocycles. The van der Waals surface area contributed by atoms with E-state index in [0.29, 0.717) is 12.0 Å². The monoisotopic (exact) mass is 241 g/mol. The number of hydrogen-bond acceptors (Lipinski definition) is 2. The molecule has 1 saturated carbocycles. The van der Waals surface area contributed by atoms with Crippen LogP contribution < -0.4 is 5.32 Å². The number of nitrogens with one attached hydrogen (secondary N) is 1. The molecular formula is C15H31NO. The summed E-state index contributed by atoms with van der Waals surface area (Å²) in [5.41, 5.74) is 0.124. The van der Waals surface area contributed by atoms with Crippen LogP contribution in [0.4, 0.5) is 0 Å². The minimum Gasteiger partial charge on any atom is -0.374 e. The Labute approximate surface area is 108 Å². The van der Waals surface area contributed by atoms with Gasteiger partial charge in [0.2, 0.25) is 0 Å². The van der Waals surface area contributed by atoms with Crippen molar-refractivity contribution in [3.8, 4) is 0 Å². The Kier molecular flexibility index (Phi) is 6.50. The van der Waals surface area contributed by atoms with Crippen molar-refractivity contribution in [2.24, 2.45) is 5.92 Å². The predicted octanol–water partition coefficient (Wildman–Crippen LogP) is 3.75. The summed E-state index contributed by atoms with van der Waals surface area (Å²) in [6.45, 7) is 11.0. The summed E-state index contributed by atoms with van der Waals surface area (Å²) in [5.74, 6) is 0.700. The molecule has 2 nitrogen and oxygen atoms in total. The fourth-order valence-electron chi connectivity index (χ4n) is 3.25. The standard InChI is InChI=1S/C15H31NO/c1-5-12-16-14(13(4)6-2)15(17-7-3)10-8-9-11-15/h13-14,16H,5-12H2,1-4H3. The van der Waals surface area contributed by atoms with E-state index in [4.69, 9.17) is 4.74 Å². The summed E-state index contributed by atoms with van der Waals surface area (Å²) in [7, 11) is 0. The Bertz CT molecular complexity index is 199. The average Bonchev–Trinajstić information content (AvgIpc) is 2.79. The lowest BCUT2D eigenvalue weighted by atomic mass is 9.82. The van der Waals surface area contributed by atoms with Crippen LogP contribution in [0.25, 0.3) is 0 Å². The zero-order valence-corrected chi connectivity index (χ0v) is 12.2. The summed E-state index contributed by atoms with van der Waals surface area (Å²) < 4.78 is 6.21. The SMILES string of the molecule is CCCNC(C(C)CC)C1(OCC)CCCC1. The van der Waals surface area contributed by atoms with Crippen LogP contribution in [0.2, 0.25) is 0 Å². The van der Waals surface area contributed by atoms with Crippen LogP contribution in [0.5, 0.6) is 0 Å². The Morgan fingerprint density at radius 1 is 1.18 bits per heavy atom. The Balaban J connectivity index is 2.75. The van der Waals surface area contributed by atoms with Crippen LogP contribution >= 0.6 is 0 Å². The van der Waals surface area contributed by atoms with Crippen molar-refractivity contribution in [3.05, 3.63) is 0 Å². The largest absolute Gasteiger partial charge is 0.374 e. The smallest absolute Gasteiger partial charge is 0.0837 e. The third-order valence-corrected chi connectivity index (χ3v) is 4.28. The fraction of sp³-hybridized carbons (Fsp3) is 1.00. The van der Waals surface area contributed by atoms with E-state index in [0.717, 1.165) is 13.2 Å². The Hall–Kier alpha value is -0.0800. The van der Waals surface area contributed by atoms with Gasteiger partial charge in [-0.05, 0) is 38.6 Å². The predicted molar refractivity (Wildman–Crippen MR) is 74.4 cm³/mol. The highest BCUT2D eigenvalue weighted by Crippen LogP contribution is 2.39. The highest BCUT2D eigenvalue weighted by molar-refractivity contribution is 4.99. The summed E-state index contributed by atoms with van der Waals surface area (Å²) >= 11 is 0. The first-order chi connectivity index (χ1) is 8.20. The molecule has 1 fully saturated rings. The molecule has 1 aliphatic rings. The summed E-state index contributed by atoms with van der Waals surface area (Å²) in [4.78, 5) is 0. The minimum absolute atomic E-state index is 0.124. The average molecular weight is 241 g/mol. The van der Waals surface area contributed by atoms with Gasteiger partial charge in [0.1, 0.15) is 0 Å². The third-order valence-electron chi connectivity index (χ3n) is 4.28. The van der Waals surface area contributed by atoms with E-state index in [1.165, 1.54) is 38.5 Å². The van der Waals surface area contributed by atoms with Gasteiger partial charge < -0.3 is 10.1 Å². The van der Waals surface area contributed by atoms with Crippen LogP contribution in [0.3, 0.4) is 0 Å². The van der Waals surface area contributed by atoms with Crippen LogP contribution in [0.15, 0.2) is 0 Å². The molecule has 0 spiro atoms. The topological polar surface area (TPSA) is 21.3 Å². The molecule has 1 rings (SSSR count). The van der Waals surface area contributed by atoms with Gasteiger partial charge in [-0.3, -0.25) is 0 Å². The third kappa shape index (κ3) is 3.69. The number of rotatable bonds is 8. The summed E-state index contributed by atoms with van der Waals surface area (Å²) in [5, 5.41) is 3.76. The van der Waals surface area contributed by atoms with Gasteiger partial charge >= 0.3 is 0 Å². The molecule has 1 aliphatic carbocycles. The molecule has 0 aromatic heterocycles. The van der Waals surface area contributed by atoms with Gasteiger partial charge in [0.25, 0.3) is 0 Å². The normalized spacial score (nSPS) is 22.6. The second kappa shape index (κ2) is 7.38. The molecule has 0 aromatic carbocycles. The van der Waals surface area contributed by atoms with E-state index < -0.39 is 0 Å². The number of ether oxygens (including phenoxy) is 1. The highest BCUT2D eigenvalue weighted by atomic mass is 16.5. The van der Waals surface area contributed by atoms with E-state index in [1.807, 2.05) is 0 Å². The molecule has 0 bridgehead atoms. The fourth-order valence-corrected chi connectivity index (χ4v) is 3.25. The molecule has 1 N–H and O–H groups in total. The molecule has 2 atom stereocenters. The van der Waals surface area contributed by atoms with Gasteiger partial charge in [-0.2, -0.15) is 0 Å². The first kappa shape index (κ1) is 15.0. The van der Waals surface area contributed by atoms with Crippen molar-refractivity contribution in [3.63, 3.8) is 0 Å². The molecule has 0 aliphatic heterocycles. The zero-order chi connectivity index (χ0) is 12.7. The van der Waals surface area contributed by atoms with Crippen LogP contribution in [0.1, 0.15) is 66.2 Å². The lowest BCUT2D eigenvalue weighted by Gasteiger charge is -2.41. The van der Waals surface area contributed by atoms with Gasteiger partial charge in [0, 0.05) is 12.6 Å². The second-order valence-electron chi connectivity index (χ2n) is 5.52. The van der Waals surface area contributed by atoms with Crippen molar-refractivity contribution in [1.82, 2.24) is 5.32 Å². The van der Waals surface area contributed by atoms with E-state index >= 15 is 0 Å². The first-order valence-electron chi connectivity index (χ1n) is 7.57. The first-order valence-corrected chi connectivity index (χ1v) is 7.57. The highest BCUT2D eigenvalue weighted by Gasteiger charge is 2.43.